The standard InChI is InChI=1S/C15H10FN5O3S/c16-10-5-7-11(8-6-10)21-14(17-18-19-21)9-20-15(22)12-3-1-2-4-13(12)25(20,23)24/h1-8H,9H2. The molecule has 4 rings (SSSR count). The number of sulfonamides is 1. The highest BCUT2D eigenvalue weighted by Crippen LogP contribution is 2.31. The van der Waals surface area contributed by atoms with Crippen LogP contribution in [-0.2, 0) is 16.6 Å². The molecule has 10 heteroatoms. The number of rotatable bonds is 3. The Hall–Kier alpha value is -3.14. The van der Waals surface area contributed by atoms with Crippen LogP contribution in [0.15, 0.2) is 53.4 Å². The summed E-state index contributed by atoms with van der Waals surface area (Å²) in [7, 11) is -3.96. The van der Waals surface area contributed by atoms with Crippen molar-refractivity contribution in [3.05, 3.63) is 65.7 Å². The third-order valence-corrected chi connectivity index (χ3v) is 5.59. The quantitative estimate of drug-likeness (QED) is 0.696. The van der Waals surface area contributed by atoms with E-state index in [2.05, 4.69) is 15.5 Å². The summed E-state index contributed by atoms with van der Waals surface area (Å²) in [6.45, 7) is -0.333. The molecule has 126 valence electrons. The summed E-state index contributed by atoms with van der Waals surface area (Å²) in [5, 5.41) is 11.1. The number of carbonyl (C=O) groups excluding carboxylic acids is 1. The van der Waals surface area contributed by atoms with Gasteiger partial charge in [-0.15, -0.1) is 5.10 Å². The zero-order valence-electron chi connectivity index (χ0n) is 12.6. The molecule has 0 fully saturated rings. The molecule has 3 aromatic rings. The smallest absolute Gasteiger partial charge is 0.268 e. The molecule has 0 aliphatic carbocycles. The van der Waals surface area contributed by atoms with Gasteiger partial charge in [-0.2, -0.15) is 4.68 Å². The minimum absolute atomic E-state index is 0.0409. The van der Waals surface area contributed by atoms with E-state index in [1.54, 1.807) is 12.1 Å². The first-order chi connectivity index (χ1) is 12.0. The van der Waals surface area contributed by atoms with E-state index in [1.165, 1.54) is 41.1 Å². The molecular weight excluding hydrogens is 349 g/mol. The lowest BCUT2D eigenvalue weighted by atomic mass is 10.2. The van der Waals surface area contributed by atoms with E-state index in [4.69, 9.17) is 0 Å². The molecule has 0 saturated heterocycles. The number of hydrogen-bond donors (Lipinski definition) is 0. The minimum Gasteiger partial charge on any atom is -0.268 e. The van der Waals surface area contributed by atoms with Crippen LogP contribution in [0.3, 0.4) is 0 Å². The number of halogens is 1. The topological polar surface area (TPSA) is 98.1 Å². The highest BCUT2D eigenvalue weighted by Gasteiger charge is 2.41. The van der Waals surface area contributed by atoms with Crippen molar-refractivity contribution in [2.24, 2.45) is 0 Å². The van der Waals surface area contributed by atoms with E-state index >= 15 is 0 Å². The van der Waals surface area contributed by atoms with Gasteiger partial charge in [0.05, 0.1) is 17.8 Å². The van der Waals surface area contributed by atoms with Gasteiger partial charge in [0.2, 0.25) is 0 Å². The van der Waals surface area contributed by atoms with Crippen LogP contribution in [0, 0.1) is 5.82 Å². The van der Waals surface area contributed by atoms with Gasteiger partial charge < -0.3 is 0 Å². The van der Waals surface area contributed by atoms with E-state index in [0.717, 1.165) is 4.31 Å². The van der Waals surface area contributed by atoms with Gasteiger partial charge in [0.15, 0.2) is 5.82 Å². The molecule has 1 aliphatic rings. The second-order valence-corrected chi connectivity index (χ2v) is 7.13. The predicted molar refractivity (Wildman–Crippen MR) is 82.6 cm³/mol. The first-order valence-corrected chi connectivity index (χ1v) is 8.62. The first-order valence-electron chi connectivity index (χ1n) is 7.18. The number of benzene rings is 2. The molecule has 1 aromatic heterocycles. The third-order valence-electron chi connectivity index (χ3n) is 3.80. The third kappa shape index (κ3) is 2.38. The summed E-state index contributed by atoms with van der Waals surface area (Å²) in [4.78, 5) is 12.4. The Balaban J connectivity index is 1.72. The van der Waals surface area contributed by atoms with Crippen LogP contribution in [-0.4, -0.2) is 38.8 Å². The second kappa shape index (κ2) is 5.45. The maximum absolute atomic E-state index is 13.1. The normalized spacial score (nSPS) is 15.4. The summed E-state index contributed by atoms with van der Waals surface area (Å²) >= 11 is 0. The first kappa shape index (κ1) is 15.4. The molecule has 0 radical (unpaired) electrons. The molecule has 0 spiro atoms. The molecule has 2 heterocycles. The number of aromatic nitrogens is 4. The van der Waals surface area contributed by atoms with E-state index in [9.17, 15) is 17.6 Å². The number of fused-ring (bicyclic) bond motifs is 1. The van der Waals surface area contributed by atoms with Crippen molar-refractivity contribution in [2.75, 3.05) is 0 Å². The molecule has 1 amide bonds. The lowest BCUT2D eigenvalue weighted by molar-refractivity contribution is 0.0862. The molecule has 0 atom stereocenters. The van der Waals surface area contributed by atoms with E-state index in [0.29, 0.717) is 5.69 Å². The average Bonchev–Trinajstić information content (AvgIpc) is 3.14. The highest BCUT2D eigenvalue weighted by molar-refractivity contribution is 7.90. The molecular formula is C15H10FN5O3S. The zero-order chi connectivity index (χ0) is 17.6. The Labute approximate surface area is 141 Å². The Bertz CT molecular complexity index is 1080. The largest absolute Gasteiger partial charge is 0.269 e. The maximum atomic E-state index is 13.1. The van der Waals surface area contributed by atoms with Crippen molar-refractivity contribution in [1.29, 1.82) is 0 Å². The number of hydrogen-bond acceptors (Lipinski definition) is 6. The molecule has 1 aliphatic heterocycles. The van der Waals surface area contributed by atoms with Crippen LogP contribution in [0.25, 0.3) is 5.69 Å². The fraction of sp³-hybridized carbons (Fsp3) is 0.0667. The van der Waals surface area contributed by atoms with Crippen molar-refractivity contribution in [2.45, 2.75) is 11.4 Å². The summed E-state index contributed by atoms with van der Waals surface area (Å²) in [5.41, 5.74) is 0.561. The van der Waals surface area contributed by atoms with Gasteiger partial charge >= 0.3 is 0 Å². The highest BCUT2D eigenvalue weighted by atomic mass is 32.2. The van der Waals surface area contributed by atoms with E-state index < -0.39 is 21.7 Å². The Kier molecular flexibility index (Phi) is 3.35. The molecule has 0 bridgehead atoms. The fourth-order valence-electron chi connectivity index (χ4n) is 2.60. The number of carbonyl (C=O) groups is 1. The SMILES string of the molecule is O=C1c2ccccc2S(=O)(=O)N1Cc1nnnn1-c1ccc(F)cc1. The summed E-state index contributed by atoms with van der Waals surface area (Å²) in [5.74, 6) is -0.924. The fourth-order valence-corrected chi connectivity index (χ4v) is 4.13. The number of tetrazole rings is 1. The van der Waals surface area contributed by atoms with Crippen LogP contribution in [0.4, 0.5) is 4.39 Å². The average molecular weight is 359 g/mol. The zero-order valence-corrected chi connectivity index (χ0v) is 13.4. The van der Waals surface area contributed by atoms with Gasteiger partial charge in [-0.05, 0) is 46.8 Å². The monoisotopic (exact) mass is 359 g/mol. The van der Waals surface area contributed by atoms with Gasteiger partial charge in [-0.25, -0.2) is 17.1 Å². The molecule has 2 aromatic carbocycles. The Morgan fingerprint density at radius 3 is 2.48 bits per heavy atom. The molecule has 0 N–H and O–H groups in total. The van der Waals surface area contributed by atoms with Crippen molar-refractivity contribution >= 4 is 15.9 Å². The van der Waals surface area contributed by atoms with Crippen LogP contribution >= 0.6 is 0 Å². The van der Waals surface area contributed by atoms with Gasteiger partial charge in [0.1, 0.15) is 10.7 Å². The van der Waals surface area contributed by atoms with Gasteiger partial charge in [0, 0.05) is 0 Å². The van der Waals surface area contributed by atoms with Gasteiger partial charge in [0.25, 0.3) is 15.9 Å². The summed E-state index contributed by atoms with van der Waals surface area (Å²) in [6, 6.07) is 11.3. The van der Waals surface area contributed by atoms with Crippen molar-refractivity contribution < 1.29 is 17.6 Å². The predicted octanol–water partition coefficient (Wildman–Crippen LogP) is 1.15. The van der Waals surface area contributed by atoms with Crippen LogP contribution in [0.5, 0.6) is 0 Å². The number of amides is 1. The van der Waals surface area contributed by atoms with Crippen molar-refractivity contribution in [1.82, 2.24) is 24.5 Å². The van der Waals surface area contributed by atoms with Crippen LogP contribution in [0.2, 0.25) is 0 Å². The van der Waals surface area contributed by atoms with Crippen LogP contribution < -0.4 is 0 Å². The minimum atomic E-state index is -3.96. The molecule has 8 nitrogen and oxygen atoms in total. The molecule has 0 unspecified atom stereocenters. The number of nitrogens with zero attached hydrogens (tertiary/aromatic N) is 5. The maximum Gasteiger partial charge on any atom is 0.269 e. The van der Waals surface area contributed by atoms with Gasteiger partial charge in [-0.1, -0.05) is 12.1 Å². The lowest BCUT2D eigenvalue weighted by Crippen LogP contribution is -2.30. The summed E-state index contributed by atoms with van der Waals surface area (Å²) in [6.07, 6.45) is 0. The summed E-state index contributed by atoms with van der Waals surface area (Å²) < 4.78 is 40.2. The molecule has 25 heavy (non-hydrogen) atoms. The molecule has 0 saturated carbocycles. The van der Waals surface area contributed by atoms with E-state index in [-0.39, 0.29) is 22.8 Å². The Morgan fingerprint density at radius 2 is 1.76 bits per heavy atom. The van der Waals surface area contributed by atoms with E-state index in [1.807, 2.05) is 0 Å². The van der Waals surface area contributed by atoms with Crippen molar-refractivity contribution in [3.63, 3.8) is 0 Å². The van der Waals surface area contributed by atoms with Crippen LogP contribution in [0.1, 0.15) is 16.2 Å². The lowest BCUT2D eigenvalue weighted by Gasteiger charge is -2.14. The van der Waals surface area contributed by atoms with Crippen molar-refractivity contribution in [3.8, 4) is 5.69 Å². The second-order valence-electron chi connectivity index (χ2n) is 5.30. The van der Waals surface area contributed by atoms with Gasteiger partial charge in [-0.3, -0.25) is 4.79 Å². The Morgan fingerprint density at radius 1 is 1.04 bits per heavy atom.